The number of hydrogen-bond acceptors (Lipinski definition) is 2. The van der Waals surface area contributed by atoms with Crippen molar-refractivity contribution in [2.75, 3.05) is 12.3 Å². The largest absolute Gasteiger partial charge is 0.334 e. The van der Waals surface area contributed by atoms with E-state index >= 15 is 0 Å². The van der Waals surface area contributed by atoms with Gasteiger partial charge in [-0.25, -0.2) is 4.39 Å². The van der Waals surface area contributed by atoms with E-state index in [0.29, 0.717) is 17.4 Å². The van der Waals surface area contributed by atoms with Crippen molar-refractivity contribution in [2.45, 2.75) is 32.1 Å². The molecule has 1 aliphatic heterocycles. The molecule has 0 aromatic heterocycles. The molecule has 0 spiro atoms. The van der Waals surface area contributed by atoms with Gasteiger partial charge in [-0.05, 0) is 25.5 Å². The van der Waals surface area contributed by atoms with E-state index in [2.05, 4.69) is 6.92 Å². The Labute approximate surface area is 112 Å². The fraction of sp³-hybridized carbons (Fsp3) is 0.500. The topological polar surface area (TPSA) is 20.3 Å². The normalized spacial score (nSPS) is 24.1. The highest BCUT2D eigenvalue weighted by molar-refractivity contribution is 8.00. The zero-order valence-corrected chi connectivity index (χ0v) is 11.8. The number of hydrogen-bond donors (Lipinski definition) is 0. The van der Waals surface area contributed by atoms with Crippen LogP contribution in [0.25, 0.3) is 0 Å². The Morgan fingerprint density at radius 2 is 2.17 bits per heavy atom. The highest BCUT2D eigenvalue weighted by Gasteiger charge is 2.30. The quantitative estimate of drug-likeness (QED) is 0.779. The second kappa shape index (κ2) is 5.31. The first-order valence-corrected chi connectivity index (χ1v) is 7.25. The van der Waals surface area contributed by atoms with Crippen LogP contribution in [-0.4, -0.2) is 34.4 Å². The van der Waals surface area contributed by atoms with E-state index in [1.54, 1.807) is 30.0 Å². The van der Waals surface area contributed by atoms with Crippen LogP contribution in [0.3, 0.4) is 0 Å². The SMILES string of the molecule is Cc1cccc(C(=O)N2CCSC(C)C2C)c1F. The highest BCUT2D eigenvalue weighted by Crippen LogP contribution is 2.26. The third-order valence-electron chi connectivity index (χ3n) is 3.57. The average molecular weight is 267 g/mol. The summed E-state index contributed by atoms with van der Waals surface area (Å²) in [6.07, 6.45) is 0. The Hall–Kier alpha value is -1.03. The second-order valence-corrected chi connectivity index (χ2v) is 6.24. The fourth-order valence-electron chi connectivity index (χ4n) is 2.19. The van der Waals surface area contributed by atoms with Crippen molar-refractivity contribution in [2.24, 2.45) is 0 Å². The number of aryl methyl sites for hydroxylation is 1. The minimum atomic E-state index is -0.388. The van der Waals surface area contributed by atoms with Gasteiger partial charge in [0.2, 0.25) is 0 Å². The van der Waals surface area contributed by atoms with Gasteiger partial charge in [0.15, 0.2) is 0 Å². The van der Waals surface area contributed by atoms with Crippen LogP contribution in [0.1, 0.15) is 29.8 Å². The number of benzene rings is 1. The fourth-order valence-corrected chi connectivity index (χ4v) is 3.29. The smallest absolute Gasteiger partial charge is 0.257 e. The molecule has 2 unspecified atom stereocenters. The lowest BCUT2D eigenvalue weighted by Crippen LogP contribution is -2.48. The van der Waals surface area contributed by atoms with Crippen LogP contribution in [0.4, 0.5) is 4.39 Å². The van der Waals surface area contributed by atoms with Crippen molar-refractivity contribution in [3.8, 4) is 0 Å². The van der Waals surface area contributed by atoms with Gasteiger partial charge >= 0.3 is 0 Å². The van der Waals surface area contributed by atoms with Gasteiger partial charge in [0, 0.05) is 23.6 Å². The van der Waals surface area contributed by atoms with Crippen LogP contribution >= 0.6 is 11.8 Å². The summed E-state index contributed by atoms with van der Waals surface area (Å²) < 4.78 is 14.0. The number of thioether (sulfide) groups is 1. The van der Waals surface area contributed by atoms with Crippen LogP contribution < -0.4 is 0 Å². The highest BCUT2D eigenvalue weighted by atomic mass is 32.2. The molecule has 0 N–H and O–H groups in total. The minimum Gasteiger partial charge on any atom is -0.334 e. The molecule has 1 aliphatic rings. The van der Waals surface area contributed by atoms with E-state index in [1.807, 2.05) is 18.7 Å². The van der Waals surface area contributed by atoms with Crippen molar-refractivity contribution in [3.63, 3.8) is 0 Å². The third kappa shape index (κ3) is 2.39. The van der Waals surface area contributed by atoms with Crippen LogP contribution in [0, 0.1) is 12.7 Å². The molecule has 2 nitrogen and oxygen atoms in total. The molecule has 0 radical (unpaired) electrons. The van der Waals surface area contributed by atoms with Crippen LogP contribution in [0.15, 0.2) is 18.2 Å². The molecule has 98 valence electrons. The van der Waals surface area contributed by atoms with Gasteiger partial charge in [-0.2, -0.15) is 11.8 Å². The Morgan fingerprint density at radius 3 is 2.89 bits per heavy atom. The van der Waals surface area contributed by atoms with Gasteiger partial charge < -0.3 is 4.90 Å². The van der Waals surface area contributed by atoms with Gasteiger partial charge in [-0.1, -0.05) is 19.1 Å². The number of carbonyl (C=O) groups excluding carboxylic acids is 1. The van der Waals surface area contributed by atoms with Gasteiger partial charge in [0.05, 0.1) is 5.56 Å². The zero-order chi connectivity index (χ0) is 13.3. The molecule has 1 amide bonds. The van der Waals surface area contributed by atoms with E-state index in [1.165, 1.54) is 0 Å². The molecule has 1 aromatic rings. The lowest BCUT2D eigenvalue weighted by Gasteiger charge is -2.37. The van der Waals surface area contributed by atoms with Crippen molar-refractivity contribution in [3.05, 3.63) is 35.1 Å². The van der Waals surface area contributed by atoms with Crippen molar-refractivity contribution in [1.82, 2.24) is 4.90 Å². The van der Waals surface area contributed by atoms with Crippen molar-refractivity contribution in [1.29, 1.82) is 0 Å². The average Bonchev–Trinajstić information content (AvgIpc) is 2.35. The second-order valence-electron chi connectivity index (χ2n) is 4.75. The summed E-state index contributed by atoms with van der Waals surface area (Å²) in [5.41, 5.74) is 0.717. The first kappa shape index (κ1) is 13.4. The van der Waals surface area contributed by atoms with Gasteiger partial charge in [-0.3, -0.25) is 4.79 Å². The Balaban J connectivity index is 2.28. The molecular formula is C14H18FNOS. The third-order valence-corrected chi connectivity index (χ3v) is 4.90. The summed E-state index contributed by atoms with van der Waals surface area (Å²) in [4.78, 5) is 14.2. The van der Waals surface area contributed by atoms with Crippen molar-refractivity contribution >= 4 is 17.7 Å². The van der Waals surface area contributed by atoms with E-state index < -0.39 is 0 Å². The van der Waals surface area contributed by atoms with Crippen molar-refractivity contribution < 1.29 is 9.18 Å². The monoisotopic (exact) mass is 267 g/mol. The molecule has 0 bridgehead atoms. The first-order valence-electron chi connectivity index (χ1n) is 6.20. The molecule has 2 atom stereocenters. The zero-order valence-electron chi connectivity index (χ0n) is 10.9. The van der Waals surface area contributed by atoms with E-state index in [9.17, 15) is 9.18 Å². The maximum absolute atomic E-state index is 14.0. The molecule has 0 aliphatic carbocycles. The number of halogens is 1. The number of amides is 1. The number of nitrogens with zero attached hydrogens (tertiary/aromatic N) is 1. The standard InChI is InChI=1S/C14H18FNOS/c1-9-5-4-6-12(13(9)15)14(17)16-7-8-18-11(3)10(16)2/h4-6,10-11H,7-8H2,1-3H3. The predicted molar refractivity (Wildman–Crippen MR) is 73.6 cm³/mol. The Morgan fingerprint density at radius 1 is 1.44 bits per heavy atom. The molecule has 0 saturated carbocycles. The number of rotatable bonds is 1. The van der Waals surface area contributed by atoms with Crippen LogP contribution in [0.5, 0.6) is 0 Å². The molecule has 1 fully saturated rings. The lowest BCUT2D eigenvalue weighted by atomic mass is 10.1. The van der Waals surface area contributed by atoms with Gasteiger partial charge in [0.25, 0.3) is 5.91 Å². The number of carbonyl (C=O) groups is 1. The molecule has 1 aromatic carbocycles. The predicted octanol–water partition coefficient (Wildman–Crippen LogP) is 3.10. The molecule has 2 rings (SSSR count). The summed E-state index contributed by atoms with van der Waals surface area (Å²) >= 11 is 1.86. The van der Waals surface area contributed by atoms with E-state index in [4.69, 9.17) is 0 Å². The molecular weight excluding hydrogens is 249 g/mol. The minimum absolute atomic E-state index is 0.149. The van der Waals surface area contributed by atoms with Gasteiger partial charge in [0.1, 0.15) is 5.82 Å². The van der Waals surface area contributed by atoms with E-state index in [0.717, 1.165) is 5.75 Å². The lowest BCUT2D eigenvalue weighted by molar-refractivity contribution is 0.0693. The maximum Gasteiger partial charge on any atom is 0.257 e. The summed E-state index contributed by atoms with van der Waals surface area (Å²) in [6, 6.07) is 5.14. The molecule has 4 heteroatoms. The summed E-state index contributed by atoms with van der Waals surface area (Å²) in [5.74, 6) is 0.349. The first-order chi connectivity index (χ1) is 8.52. The van der Waals surface area contributed by atoms with Crippen LogP contribution in [0.2, 0.25) is 0 Å². The Bertz CT molecular complexity index is 463. The summed E-state index contributed by atoms with van der Waals surface area (Å²) in [7, 11) is 0. The van der Waals surface area contributed by atoms with Crippen LogP contribution in [-0.2, 0) is 0 Å². The van der Waals surface area contributed by atoms with Gasteiger partial charge in [-0.15, -0.1) is 0 Å². The summed E-state index contributed by atoms with van der Waals surface area (Å²) in [5, 5.41) is 0.399. The molecule has 1 heterocycles. The van der Waals surface area contributed by atoms with E-state index in [-0.39, 0.29) is 23.3 Å². The molecule has 1 saturated heterocycles. The molecule has 18 heavy (non-hydrogen) atoms. The summed E-state index contributed by atoms with van der Waals surface area (Å²) in [6.45, 7) is 6.52. The maximum atomic E-state index is 14.0. The Kier molecular flexibility index (Phi) is 3.95.